The van der Waals surface area contributed by atoms with Crippen molar-refractivity contribution in [3.05, 3.63) is 35.9 Å². The number of pyridine rings is 1. The molecule has 0 bridgehead atoms. The number of benzene rings is 1. The fraction of sp³-hybridized carbons (Fsp3) is 0.524. The highest BCUT2D eigenvalue weighted by atomic mass is 16.1. The fourth-order valence-corrected chi connectivity index (χ4v) is 3.58. The number of para-hydroxylation sites is 1. The van der Waals surface area contributed by atoms with E-state index in [0.29, 0.717) is 5.92 Å². The van der Waals surface area contributed by atoms with Gasteiger partial charge in [0.25, 0.3) is 5.91 Å². The van der Waals surface area contributed by atoms with Gasteiger partial charge in [0.2, 0.25) is 0 Å². The summed E-state index contributed by atoms with van der Waals surface area (Å²) < 4.78 is 0. The minimum Gasteiger partial charge on any atom is -0.356 e. The lowest BCUT2D eigenvalue weighted by molar-refractivity contribution is 0.0954. The lowest BCUT2D eigenvalue weighted by Gasteiger charge is -2.32. The summed E-state index contributed by atoms with van der Waals surface area (Å²) in [4.78, 5) is 19.9. The van der Waals surface area contributed by atoms with Gasteiger partial charge < -0.3 is 10.2 Å². The summed E-state index contributed by atoms with van der Waals surface area (Å²) in [5, 5.41) is 4.01. The number of hydrogen-bond donors (Lipinski definition) is 1. The quantitative estimate of drug-likeness (QED) is 0.794. The number of rotatable bonds is 6. The van der Waals surface area contributed by atoms with Crippen molar-refractivity contribution < 1.29 is 4.79 Å². The highest BCUT2D eigenvalue weighted by Gasteiger charge is 2.20. The number of nitrogens with one attached hydrogen (secondary N) is 1. The summed E-state index contributed by atoms with van der Waals surface area (Å²) in [6.45, 7) is 7.23. The predicted molar refractivity (Wildman–Crippen MR) is 104 cm³/mol. The molecule has 1 saturated heterocycles. The van der Waals surface area contributed by atoms with Crippen LogP contribution in [0.4, 0.5) is 5.82 Å². The molecule has 1 atom stereocenters. The van der Waals surface area contributed by atoms with Gasteiger partial charge in [0.05, 0.1) is 11.1 Å². The van der Waals surface area contributed by atoms with Crippen molar-refractivity contribution in [3.8, 4) is 0 Å². The van der Waals surface area contributed by atoms with Gasteiger partial charge in [0.1, 0.15) is 5.82 Å². The lowest BCUT2D eigenvalue weighted by atomic mass is 10.00. The van der Waals surface area contributed by atoms with Gasteiger partial charge in [-0.25, -0.2) is 4.98 Å². The molecule has 4 nitrogen and oxygen atoms in total. The van der Waals surface area contributed by atoms with Gasteiger partial charge in [0, 0.05) is 25.0 Å². The number of anilines is 1. The smallest absolute Gasteiger partial charge is 0.252 e. The van der Waals surface area contributed by atoms with Crippen LogP contribution in [0, 0.1) is 5.92 Å². The minimum atomic E-state index is 0.0148. The zero-order valence-electron chi connectivity index (χ0n) is 15.4. The molecule has 0 radical (unpaired) electrons. The molecule has 1 fully saturated rings. The Morgan fingerprint density at radius 2 is 2.16 bits per heavy atom. The third-order valence-electron chi connectivity index (χ3n) is 4.99. The molecule has 1 aliphatic rings. The van der Waals surface area contributed by atoms with Crippen molar-refractivity contribution >= 4 is 22.6 Å². The summed E-state index contributed by atoms with van der Waals surface area (Å²) in [6.07, 6.45) is 5.80. The normalized spacial score (nSPS) is 17.7. The number of unbranched alkanes of at least 4 members (excludes halogenated alkanes) is 2. The van der Waals surface area contributed by atoms with E-state index in [1.54, 1.807) is 0 Å². The molecule has 1 aromatic heterocycles. The zero-order valence-corrected chi connectivity index (χ0v) is 15.4. The highest BCUT2D eigenvalue weighted by molar-refractivity contribution is 6.07. The summed E-state index contributed by atoms with van der Waals surface area (Å²) in [5.74, 6) is 1.62. The van der Waals surface area contributed by atoms with Crippen LogP contribution in [0.3, 0.4) is 0 Å². The van der Waals surface area contributed by atoms with Crippen molar-refractivity contribution in [2.75, 3.05) is 24.5 Å². The average Bonchev–Trinajstić information content (AvgIpc) is 2.64. The van der Waals surface area contributed by atoms with E-state index in [1.165, 1.54) is 12.8 Å². The fourth-order valence-electron chi connectivity index (χ4n) is 3.58. The molecule has 2 heterocycles. The molecule has 1 amide bonds. The number of piperidine rings is 1. The van der Waals surface area contributed by atoms with Gasteiger partial charge in [-0.1, -0.05) is 44.9 Å². The van der Waals surface area contributed by atoms with E-state index in [4.69, 9.17) is 4.98 Å². The number of amides is 1. The van der Waals surface area contributed by atoms with Crippen LogP contribution < -0.4 is 10.2 Å². The first kappa shape index (κ1) is 17.7. The maximum atomic E-state index is 12.8. The summed E-state index contributed by atoms with van der Waals surface area (Å²) in [7, 11) is 0. The Bertz CT molecular complexity index is 728. The van der Waals surface area contributed by atoms with Crippen LogP contribution in [0.1, 0.15) is 56.3 Å². The molecular formula is C21H29N3O. The maximum Gasteiger partial charge on any atom is 0.252 e. The third kappa shape index (κ3) is 4.30. The lowest BCUT2D eigenvalue weighted by Crippen LogP contribution is -2.35. The standard InChI is InChI=1S/C21H29N3O/c1-3-4-7-12-22-21(25)18-14-20(24-13-8-9-16(2)15-24)23-19-11-6-5-10-17(18)19/h5-6,10-11,14,16H,3-4,7-9,12-13,15H2,1-2H3,(H,22,25)/t16-/m0/s1. The minimum absolute atomic E-state index is 0.0148. The molecule has 25 heavy (non-hydrogen) atoms. The molecule has 0 aliphatic carbocycles. The first-order valence-corrected chi connectivity index (χ1v) is 9.62. The van der Waals surface area contributed by atoms with Gasteiger partial charge in [-0.3, -0.25) is 4.79 Å². The third-order valence-corrected chi connectivity index (χ3v) is 4.99. The number of carbonyl (C=O) groups excluding carboxylic acids is 1. The van der Waals surface area contributed by atoms with Crippen LogP contribution >= 0.6 is 0 Å². The van der Waals surface area contributed by atoms with Crippen molar-refractivity contribution in [2.45, 2.75) is 46.0 Å². The maximum absolute atomic E-state index is 12.8. The summed E-state index contributed by atoms with van der Waals surface area (Å²) in [6, 6.07) is 9.93. The Kier molecular flexibility index (Phi) is 5.90. The van der Waals surface area contributed by atoms with Crippen LogP contribution in [0.15, 0.2) is 30.3 Å². The van der Waals surface area contributed by atoms with Crippen LogP contribution in [-0.4, -0.2) is 30.5 Å². The van der Waals surface area contributed by atoms with Gasteiger partial charge in [-0.2, -0.15) is 0 Å². The van der Waals surface area contributed by atoms with E-state index in [2.05, 4.69) is 24.1 Å². The van der Waals surface area contributed by atoms with Crippen LogP contribution in [0.5, 0.6) is 0 Å². The molecule has 0 spiro atoms. The molecule has 1 aromatic carbocycles. The monoisotopic (exact) mass is 339 g/mol. The first-order chi connectivity index (χ1) is 12.2. The van der Waals surface area contributed by atoms with Gasteiger partial charge >= 0.3 is 0 Å². The van der Waals surface area contributed by atoms with Crippen molar-refractivity contribution in [1.29, 1.82) is 0 Å². The van der Waals surface area contributed by atoms with E-state index < -0.39 is 0 Å². The van der Waals surface area contributed by atoms with Crippen molar-refractivity contribution in [3.63, 3.8) is 0 Å². The number of carbonyl (C=O) groups is 1. The molecule has 3 rings (SSSR count). The summed E-state index contributed by atoms with van der Waals surface area (Å²) in [5.41, 5.74) is 1.65. The Labute approximate surface area is 150 Å². The Balaban J connectivity index is 1.88. The highest BCUT2D eigenvalue weighted by Crippen LogP contribution is 2.26. The van der Waals surface area contributed by atoms with E-state index >= 15 is 0 Å². The second-order valence-corrected chi connectivity index (χ2v) is 7.20. The zero-order chi connectivity index (χ0) is 17.6. The van der Waals surface area contributed by atoms with Crippen molar-refractivity contribution in [1.82, 2.24) is 10.3 Å². The molecule has 0 unspecified atom stereocenters. The SMILES string of the molecule is CCCCCNC(=O)c1cc(N2CCC[C@H](C)C2)nc2ccccc12. The number of nitrogens with zero attached hydrogens (tertiary/aromatic N) is 2. The average molecular weight is 339 g/mol. The molecular weight excluding hydrogens is 310 g/mol. The molecule has 1 N–H and O–H groups in total. The van der Waals surface area contributed by atoms with E-state index in [1.807, 2.05) is 30.3 Å². The summed E-state index contributed by atoms with van der Waals surface area (Å²) >= 11 is 0. The van der Waals surface area contributed by atoms with Crippen LogP contribution in [-0.2, 0) is 0 Å². The van der Waals surface area contributed by atoms with Crippen LogP contribution in [0.25, 0.3) is 10.9 Å². The molecule has 0 saturated carbocycles. The Hall–Kier alpha value is -2.10. The largest absolute Gasteiger partial charge is 0.356 e. The van der Waals surface area contributed by atoms with Gasteiger partial charge in [-0.15, -0.1) is 0 Å². The van der Waals surface area contributed by atoms with Gasteiger partial charge in [-0.05, 0) is 37.3 Å². The second kappa shape index (κ2) is 8.32. The number of aromatic nitrogens is 1. The van der Waals surface area contributed by atoms with E-state index in [9.17, 15) is 4.79 Å². The van der Waals surface area contributed by atoms with Crippen molar-refractivity contribution in [2.24, 2.45) is 5.92 Å². The van der Waals surface area contributed by atoms with Gasteiger partial charge in [0.15, 0.2) is 0 Å². The topological polar surface area (TPSA) is 45.2 Å². The second-order valence-electron chi connectivity index (χ2n) is 7.20. The first-order valence-electron chi connectivity index (χ1n) is 9.62. The molecule has 2 aromatic rings. The Morgan fingerprint density at radius 1 is 1.32 bits per heavy atom. The number of fused-ring (bicyclic) bond motifs is 1. The van der Waals surface area contributed by atoms with E-state index in [-0.39, 0.29) is 5.91 Å². The molecule has 1 aliphatic heterocycles. The molecule has 134 valence electrons. The molecule has 4 heteroatoms. The Morgan fingerprint density at radius 3 is 2.96 bits per heavy atom. The predicted octanol–water partition coefficient (Wildman–Crippen LogP) is 4.39. The number of hydrogen-bond acceptors (Lipinski definition) is 3. The van der Waals surface area contributed by atoms with Crippen LogP contribution in [0.2, 0.25) is 0 Å². The van der Waals surface area contributed by atoms with E-state index in [0.717, 1.165) is 61.2 Å².